The molecule has 6 heteroatoms. The third-order valence-electron chi connectivity index (χ3n) is 4.82. The number of benzene rings is 4. The molecule has 0 aliphatic carbocycles. The summed E-state index contributed by atoms with van der Waals surface area (Å²) in [6, 6.07) is 29.5. The number of halogens is 1. The first-order chi connectivity index (χ1) is 15.7. The van der Waals surface area contributed by atoms with Gasteiger partial charge in [-0.2, -0.15) is 5.10 Å². The lowest BCUT2D eigenvalue weighted by Crippen LogP contribution is -2.25. The highest BCUT2D eigenvalue weighted by Gasteiger charge is 2.05. The third-order valence-corrected chi connectivity index (χ3v) is 5.32. The molecule has 0 heterocycles. The van der Waals surface area contributed by atoms with Gasteiger partial charge in [0.2, 0.25) is 0 Å². The Morgan fingerprint density at radius 2 is 1.72 bits per heavy atom. The molecule has 5 nitrogen and oxygen atoms in total. The summed E-state index contributed by atoms with van der Waals surface area (Å²) in [6.45, 7) is 0.554. The number of carbonyl (C=O) groups excluding carboxylic acids is 1. The van der Waals surface area contributed by atoms with E-state index in [2.05, 4.69) is 31.8 Å². The number of amides is 1. The van der Waals surface area contributed by atoms with E-state index in [1.54, 1.807) is 6.21 Å². The highest BCUT2D eigenvalue weighted by molar-refractivity contribution is 9.10. The normalized spacial score (nSPS) is 10.9. The molecular formula is C26H22BrN3O2. The molecule has 0 spiro atoms. The Bertz CT molecular complexity index is 1250. The molecule has 4 aromatic rings. The maximum atomic E-state index is 12.2. The van der Waals surface area contributed by atoms with Crippen LogP contribution in [-0.2, 0) is 11.4 Å². The van der Waals surface area contributed by atoms with Crippen molar-refractivity contribution in [2.45, 2.75) is 6.61 Å². The lowest BCUT2D eigenvalue weighted by atomic mass is 10.1. The number of fused-ring (bicyclic) bond motifs is 1. The van der Waals surface area contributed by atoms with Gasteiger partial charge in [-0.15, -0.1) is 0 Å². The van der Waals surface area contributed by atoms with Gasteiger partial charge in [0.15, 0.2) is 0 Å². The van der Waals surface area contributed by atoms with Crippen LogP contribution in [0.1, 0.15) is 11.1 Å². The topological polar surface area (TPSA) is 62.7 Å². The second-order valence-electron chi connectivity index (χ2n) is 7.13. The molecule has 1 amide bonds. The lowest BCUT2D eigenvalue weighted by Gasteiger charge is -2.10. The largest absolute Gasteiger partial charge is 0.488 e. The number of carbonyl (C=O) groups is 1. The number of hydrazone groups is 1. The van der Waals surface area contributed by atoms with Gasteiger partial charge in [0.25, 0.3) is 5.91 Å². The molecule has 0 bridgehead atoms. The van der Waals surface area contributed by atoms with Crippen molar-refractivity contribution < 1.29 is 9.53 Å². The van der Waals surface area contributed by atoms with Gasteiger partial charge in [-0.3, -0.25) is 4.79 Å². The predicted molar refractivity (Wildman–Crippen MR) is 133 cm³/mol. The van der Waals surface area contributed by atoms with Crippen molar-refractivity contribution in [2.24, 2.45) is 5.10 Å². The number of hydrogen-bond acceptors (Lipinski definition) is 4. The van der Waals surface area contributed by atoms with Gasteiger partial charge in [-0.1, -0.05) is 76.6 Å². The van der Waals surface area contributed by atoms with Crippen LogP contribution in [0.25, 0.3) is 10.8 Å². The van der Waals surface area contributed by atoms with E-state index >= 15 is 0 Å². The van der Waals surface area contributed by atoms with Gasteiger partial charge in [0.05, 0.1) is 12.8 Å². The van der Waals surface area contributed by atoms with Crippen LogP contribution in [0.4, 0.5) is 5.69 Å². The summed E-state index contributed by atoms with van der Waals surface area (Å²) < 4.78 is 6.95. The molecule has 0 radical (unpaired) electrons. The number of rotatable bonds is 8. The number of nitrogens with one attached hydrogen (secondary N) is 2. The average molecular weight is 488 g/mol. The minimum Gasteiger partial charge on any atom is -0.488 e. The monoisotopic (exact) mass is 487 g/mol. The number of anilines is 1. The molecule has 0 atom stereocenters. The number of ether oxygens (including phenoxy) is 1. The van der Waals surface area contributed by atoms with Gasteiger partial charge in [-0.25, -0.2) is 5.43 Å². The van der Waals surface area contributed by atoms with E-state index in [4.69, 9.17) is 4.74 Å². The van der Waals surface area contributed by atoms with Gasteiger partial charge < -0.3 is 10.1 Å². The molecule has 4 rings (SSSR count). The van der Waals surface area contributed by atoms with E-state index in [1.807, 2.05) is 91.0 Å². The van der Waals surface area contributed by atoms with E-state index < -0.39 is 0 Å². The Hall–Kier alpha value is -3.64. The molecule has 32 heavy (non-hydrogen) atoms. The SMILES string of the molecule is O=C(CNc1cccc2ccccc12)N/N=C/c1ccccc1OCc1cccc(Br)c1. The quantitative estimate of drug-likeness (QED) is 0.246. The molecule has 2 N–H and O–H groups in total. The molecule has 0 saturated heterocycles. The van der Waals surface area contributed by atoms with Crippen LogP contribution in [0.15, 0.2) is 101 Å². The molecule has 0 unspecified atom stereocenters. The molecule has 0 aliphatic rings. The molecule has 0 aliphatic heterocycles. The molecule has 4 aromatic carbocycles. The first kappa shape index (κ1) is 21.6. The minimum atomic E-state index is -0.235. The maximum Gasteiger partial charge on any atom is 0.259 e. The summed E-state index contributed by atoms with van der Waals surface area (Å²) in [7, 11) is 0. The maximum absolute atomic E-state index is 12.2. The van der Waals surface area contributed by atoms with Crippen molar-refractivity contribution in [2.75, 3.05) is 11.9 Å². The van der Waals surface area contributed by atoms with E-state index in [0.29, 0.717) is 12.4 Å². The van der Waals surface area contributed by atoms with Crippen LogP contribution in [0.2, 0.25) is 0 Å². The van der Waals surface area contributed by atoms with Crippen LogP contribution < -0.4 is 15.5 Å². The Morgan fingerprint density at radius 3 is 2.62 bits per heavy atom. The standard InChI is InChI=1S/C26H22BrN3O2/c27-22-11-5-7-19(15-22)18-32-25-14-4-2-9-21(25)16-29-30-26(31)17-28-24-13-6-10-20-8-1-3-12-23(20)24/h1-16,28H,17-18H2,(H,30,31)/b29-16+. The second kappa shape index (κ2) is 10.6. The van der Waals surface area contributed by atoms with Gasteiger partial charge in [0, 0.05) is 21.1 Å². The number of hydrogen-bond donors (Lipinski definition) is 2. The Labute approximate surface area is 195 Å². The number of para-hydroxylation sites is 1. The number of nitrogens with zero attached hydrogens (tertiary/aromatic N) is 1. The lowest BCUT2D eigenvalue weighted by molar-refractivity contribution is -0.119. The highest BCUT2D eigenvalue weighted by atomic mass is 79.9. The zero-order chi connectivity index (χ0) is 22.2. The molecule has 0 aromatic heterocycles. The van der Waals surface area contributed by atoms with Crippen molar-refractivity contribution in [3.8, 4) is 5.75 Å². The zero-order valence-electron chi connectivity index (χ0n) is 17.3. The van der Waals surface area contributed by atoms with Crippen molar-refractivity contribution in [3.63, 3.8) is 0 Å². The summed E-state index contributed by atoms with van der Waals surface area (Å²) in [6.07, 6.45) is 1.59. The zero-order valence-corrected chi connectivity index (χ0v) is 18.9. The van der Waals surface area contributed by atoms with Crippen LogP contribution in [-0.4, -0.2) is 18.7 Å². The predicted octanol–water partition coefficient (Wildman–Crippen LogP) is 5.74. The molecular weight excluding hydrogens is 466 g/mol. The summed E-state index contributed by atoms with van der Waals surface area (Å²) in [5.74, 6) is 0.459. The van der Waals surface area contributed by atoms with Crippen molar-refractivity contribution in [1.29, 1.82) is 0 Å². The summed E-state index contributed by atoms with van der Waals surface area (Å²) in [5, 5.41) is 9.46. The first-order valence-electron chi connectivity index (χ1n) is 10.2. The van der Waals surface area contributed by atoms with Crippen molar-refractivity contribution in [3.05, 3.63) is 107 Å². The van der Waals surface area contributed by atoms with Gasteiger partial charge >= 0.3 is 0 Å². The van der Waals surface area contributed by atoms with E-state index in [-0.39, 0.29) is 12.5 Å². The molecule has 0 fully saturated rings. The smallest absolute Gasteiger partial charge is 0.259 e. The second-order valence-corrected chi connectivity index (χ2v) is 8.05. The van der Waals surface area contributed by atoms with Crippen LogP contribution in [0, 0.1) is 0 Å². The Morgan fingerprint density at radius 1 is 0.938 bits per heavy atom. The Balaban J connectivity index is 1.33. The van der Waals surface area contributed by atoms with Crippen LogP contribution in [0.3, 0.4) is 0 Å². The van der Waals surface area contributed by atoms with Crippen molar-refractivity contribution >= 4 is 44.5 Å². The molecule has 0 saturated carbocycles. The first-order valence-corrected chi connectivity index (χ1v) is 11.0. The fourth-order valence-corrected chi connectivity index (χ4v) is 3.72. The summed E-state index contributed by atoms with van der Waals surface area (Å²) in [5.41, 5.74) is 5.31. The average Bonchev–Trinajstić information content (AvgIpc) is 2.82. The van der Waals surface area contributed by atoms with Gasteiger partial charge in [-0.05, 0) is 41.3 Å². The van der Waals surface area contributed by atoms with E-state index in [9.17, 15) is 4.79 Å². The van der Waals surface area contributed by atoms with Crippen molar-refractivity contribution in [1.82, 2.24) is 5.43 Å². The van der Waals surface area contributed by atoms with E-state index in [1.165, 1.54) is 0 Å². The van der Waals surface area contributed by atoms with E-state index in [0.717, 1.165) is 32.1 Å². The molecule has 160 valence electrons. The fourth-order valence-electron chi connectivity index (χ4n) is 3.27. The highest BCUT2D eigenvalue weighted by Crippen LogP contribution is 2.22. The Kier molecular flexibility index (Phi) is 7.15. The fraction of sp³-hybridized carbons (Fsp3) is 0.0769. The van der Waals surface area contributed by atoms with Gasteiger partial charge in [0.1, 0.15) is 12.4 Å². The van der Waals surface area contributed by atoms with Crippen LogP contribution >= 0.6 is 15.9 Å². The van der Waals surface area contributed by atoms with Crippen LogP contribution in [0.5, 0.6) is 5.75 Å². The third kappa shape index (κ3) is 5.74. The minimum absolute atomic E-state index is 0.117. The summed E-state index contributed by atoms with van der Waals surface area (Å²) in [4.78, 5) is 12.2. The summed E-state index contributed by atoms with van der Waals surface area (Å²) >= 11 is 3.47.